The van der Waals surface area contributed by atoms with Crippen molar-refractivity contribution < 1.29 is 0 Å². The Hall–Kier alpha value is -0.780. The van der Waals surface area contributed by atoms with Crippen molar-refractivity contribution in [2.45, 2.75) is 44.9 Å². The molecule has 0 heteroatoms. The first kappa shape index (κ1) is 9.45. The Morgan fingerprint density at radius 3 is 3.07 bits per heavy atom. The molecule has 3 aliphatic rings. The number of hydrogen-bond acceptors (Lipinski definition) is 0. The van der Waals surface area contributed by atoms with Gasteiger partial charge in [-0.05, 0) is 43.4 Å². The van der Waals surface area contributed by atoms with Crippen LogP contribution in [0.4, 0.5) is 0 Å². The Labute approximate surface area is 92.8 Å². The van der Waals surface area contributed by atoms with E-state index in [0.717, 1.165) is 5.92 Å². The summed E-state index contributed by atoms with van der Waals surface area (Å²) in [7, 11) is 0. The maximum Gasteiger partial charge on any atom is -0.00791 e. The molecular weight excluding hydrogens is 180 g/mol. The number of allylic oxidation sites excluding steroid dienone is 6. The van der Waals surface area contributed by atoms with Gasteiger partial charge in [0, 0.05) is 0 Å². The lowest BCUT2D eigenvalue weighted by atomic mass is 9.69. The number of hydrogen-bond donors (Lipinski definition) is 0. The van der Waals surface area contributed by atoms with E-state index in [9.17, 15) is 0 Å². The molecule has 0 spiro atoms. The summed E-state index contributed by atoms with van der Waals surface area (Å²) in [5.41, 5.74) is 2.33. The molecule has 3 rings (SSSR count). The molecule has 2 saturated carbocycles. The van der Waals surface area contributed by atoms with E-state index < -0.39 is 0 Å². The fourth-order valence-corrected chi connectivity index (χ4v) is 3.86. The van der Waals surface area contributed by atoms with Crippen molar-refractivity contribution in [3.63, 3.8) is 0 Å². The van der Waals surface area contributed by atoms with Crippen LogP contribution in [0.5, 0.6) is 0 Å². The van der Waals surface area contributed by atoms with Crippen LogP contribution in [-0.2, 0) is 0 Å². The Bertz CT molecular complexity index is 328. The lowest BCUT2D eigenvalue weighted by Crippen LogP contribution is -2.23. The van der Waals surface area contributed by atoms with Crippen molar-refractivity contribution in [1.82, 2.24) is 0 Å². The van der Waals surface area contributed by atoms with Gasteiger partial charge in [0.15, 0.2) is 0 Å². The quantitative estimate of drug-likeness (QED) is 0.588. The maximum atomic E-state index is 2.40. The molecule has 0 aliphatic heterocycles. The van der Waals surface area contributed by atoms with Crippen molar-refractivity contribution in [1.29, 1.82) is 0 Å². The molecule has 3 aliphatic carbocycles. The van der Waals surface area contributed by atoms with Gasteiger partial charge in [0.25, 0.3) is 0 Å². The Morgan fingerprint density at radius 1 is 1.07 bits per heavy atom. The fraction of sp³-hybridized carbons (Fsp3) is 0.600. The highest BCUT2D eigenvalue weighted by molar-refractivity contribution is 5.29. The zero-order chi connectivity index (χ0) is 10.1. The van der Waals surface area contributed by atoms with Gasteiger partial charge < -0.3 is 0 Å². The highest BCUT2D eigenvalue weighted by Crippen LogP contribution is 2.56. The topological polar surface area (TPSA) is 0 Å². The molecule has 0 aromatic rings. The normalized spacial score (nSPS) is 38.9. The van der Waals surface area contributed by atoms with Gasteiger partial charge in [-0.25, -0.2) is 0 Å². The predicted octanol–water partition coefficient (Wildman–Crippen LogP) is 4.40. The first-order valence-electron chi connectivity index (χ1n) is 6.42. The zero-order valence-electron chi connectivity index (χ0n) is 9.41. The van der Waals surface area contributed by atoms with E-state index in [0.29, 0.717) is 5.41 Å². The number of rotatable bonds is 1. The minimum Gasteiger partial charge on any atom is -0.0804 e. The van der Waals surface area contributed by atoms with Crippen LogP contribution in [0, 0.1) is 11.3 Å². The van der Waals surface area contributed by atoms with Gasteiger partial charge in [0.05, 0.1) is 0 Å². The van der Waals surface area contributed by atoms with Crippen molar-refractivity contribution >= 4 is 0 Å². The van der Waals surface area contributed by atoms with Crippen molar-refractivity contribution in [2.24, 2.45) is 11.3 Å². The lowest BCUT2D eigenvalue weighted by molar-refractivity contribution is 0.256. The van der Waals surface area contributed by atoms with Crippen LogP contribution < -0.4 is 0 Å². The molecule has 15 heavy (non-hydrogen) atoms. The SMILES string of the molecule is C1=CC=C(C23CCCC(CC2)C3)CC=C1. The van der Waals surface area contributed by atoms with Crippen molar-refractivity contribution in [3.05, 3.63) is 36.0 Å². The van der Waals surface area contributed by atoms with Gasteiger partial charge in [-0.3, -0.25) is 0 Å². The van der Waals surface area contributed by atoms with Crippen LogP contribution in [-0.4, -0.2) is 0 Å². The van der Waals surface area contributed by atoms with Crippen LogP contribution in [0.15, 0.2) is 36.0 Å². The van der Waals surface area contributed by atoms with Crippen LogP contribution in [0.3, 0.4) is 0 Å². The second-order valence-corrected chi connectivity index (χ2v) is 5.49. The molecule has 0 radical (unpaired) electrons. The van der Waals surface area contributed by atoms with E-state index in [4.69, 9.17) is 0 Å². The van der Waals surface area contributed by atoms with Gasteiger partial charge >= 0.3 is 0 Å². The standard InChI is InChI=1S/C15H20/c1-2-4-8-14(7-3-1)15-10-5-6-13(12-15)9-11-15/h1-4,7,13H,5-6,8-12H2. The third-order valence-electron chi connectivity index (χ3n) is 4.65. The predicted molar refractivity (Wildman–Crippen MR) is 64.6 cm³/mol. The Balaban J connectivity index is 1.89. The highest BCUT2D eigenvalue weighted by Gasteiger charge is 2.43. The molecule has 0 saturated heterocycles. The van der Waals surface area contributed by atoms with Crippen molar-refractivity contribution in [3.8, 4) is 0 Å². The minimum atomic E-state index is 0.613. The summed E-state index contributed by atoms with van der Waals surface area (Å²) < 4.78 is 0. The van der Waals surface area contributed by atoms with E-state index >= 15 is 0 Å². The van der Waals surface area contributed by atoms with Gasteiger partial charge in [0.1, 0.15) is 0 Å². The minimum absolute atomic E-state index is 0.613. The average molecular weight is 200 g/mol. The molecule has 2 bridgehead atoms. The monoisotopic (exact) mass is 200 g/mol. The van der Waals surface area contributed by atoms with E-state index in [-0.39, 0.29) is 0 Å². The molecule has 80 valence electrons. The number of fused-ring (bicyclic) bond motifs is 2. The Morgan fingerprint density at radius 2 is 2.07 bits per heavy atom. The van der Waals surface area contributed by atoms with E-state index in [1.807, 2.05) is 0 Å². The molecule has 0 N–H and O–H groups in total. The lowest BCUT2D eigenvalue weighted by Gasteiger charge is -2.35. The Kier molecular flexibility index (Phi) is 2.31. The summed E-state index contributed by atoms with van der Waals surface area (Å²) in [6.45, 7) is 0. The summed E-state index contributed by atoms with van der Waals surface area (Å²) in [5.74, 6) is 1.05. The smallest absolute Gasteiger partial charge is 0.00791 e. The van der Waals surface area contributed by atoms with Crippen LogP contribution in [0.25, 0.3) is 0 Å². The van der Waals surface area contributed by atoms with Gasteiger partial charge in [-0.15, -0.1) is 0 Å². The largest absolute Gasteiger partial charge is 0.0804 e. The zero-order valence-corrected chi connectivity index (χ0v) is 9.41. The second kappa shape index (κ2) is 3.66. The van der Waals surface area contributed by atoms with Crippen molar-refractivity contribution in [2.75, 3.05) is 0 Å². The van der Waals surface area contributed by atoms with Crippen LogP contribution >= 0.6 is 0 Å². The molecule has 2 unspecified atom stereocenters. The molecule has 0 aromatic heterocycles. The van der Waals surface area contributed by atoms with Gasteiger partial charge in [-0.2, -0.15) is 0 Å². The molecule has 0 heterocycles. The van der Waals surface area contributed by atoms with Gasteiger partial charge in [-0.1, -0.05) is 48.8 Å². The summed E-state index contributed by atoms with van der Waals surface area (Å²) in [5, 5.41) is 0. The third kappa shape index (κ3) is 1.60. The second-order valence-electron chi connectivity index (χ2n) is 5.49. The molecule has 0 amide bonds. The molecular formula is C15H20. The highest BCUT2D eigenvalue weighted by atomic mass is 14.5. The molecule has 2 atom stereocenters. The molecule has 0 aromatic carbocycles. The first-order chi connectivity index (χ1) is 7.39. The third-order valence-corrected chi connectivity index (χ3v) is 4.65. The maximum absolute atomic E-state index is 2.40. The average Bonchev–Trinajstić information content (AvgIpc) is 2.51. The molecule has 2 fully saturated rings. The fourth-order valence-electron chi connectivity index (χ4n) is 3.86. The van der Waals surface area contributed by atoms with E-state index in [2.05, 4.69) is 30.4 Å². The van der Waals surface area contributed by atoms with E-state index in [1.165, 1.54) is 44.9 Å². The van der Waals surface area contributed by atoms with Crippen LogP contribution in [0.2, 0.25) is 0 Å². The van der Waals surface area contributed by atoms with Crippen LogP contribution in [0.1, 0.15) is 44.9 Å². The summed E-state index contributed by atoms with van der Waals surface area (Å²) in [6, 6.07) is 0. The summed E-state index contributed by atoms with van der Waals surface area (Å²) >= 11 is 0. The summed E-state index contributed by atoms with van der Waals surface area (Å²) in [6.07, 6.45) is 21.4. The first-order valence-corrected chi connectivity index (χ1v) is 6.42. The summed E-state index contributed by atoms with van der Waals surface area (Å²) in [4.78, 5) is 0. The van der Waals surface area contributed by atoms with E-state index in [1.54, 1.807) is 5.57 Å². The molecule has 0 nitrogen and oxygen atoms in total. The van der Waals surface area contributed by atoms with Gasteiger partial charge in [0.2, 0.25) is 0 Å².